The lowest BCUT2D eigenvalue weighted by Gasteiger charge is -2.32. The van der Waals surface area contributed by atoms with Crippen molar-refractivity contribution in [3.05, 3.63) is 91.0 Å². The van der Waals surface area contributed by atoms with Crippen molar-refractivity contribution in [3.63, 3.8) is 0 Å². The second-order valence-electron chi connectivity index (χ2n) is 9.65. The Balaban J connectivity index is 0.00000135. The molecule has 1 saturated heterocycles. The van der Waals surface area contributed by atoms with Gasteiger partial charge in [0.15, 0.2) is 0 Å². The summed E-state index contributed by atoms with van der Waals surface area (Å²) in [5, 5.41) is 10.1. The fourth-order valence-electron chi connectivity index (χ4n) is 4.31. The molecule has 11 nitrogen and oxygen atoms in total. The average Bonchev–Trinajstić information content (AvgIpc) is 3.00. The van der Waals surface area contributed by atoms with Gasteiger partial charge in [-0.3, -0.25) is 14.4 Å². The van der Waals surface area contributed by atoms with Crippen LogP contribution in [0.3, 0.4) is 0 Å². The van der Waals surface area contributed by atoms with Gasteiger partial charge in [0.05, 0.1) is 5.69 Å². The van der Waals surface area contributed by atoms with E-state index in [0.717, 1.165) is 55.8 Å². The average molecular weight is 609 g/mol. The molecule has 1 aromatic heterocycles. The Bertz CT molecular complexity index is 1580. The molecule has 3 N–H and O–H groups in total. The van der Waals surface area contributed by atoms with E-state index in [1.807, 2.05) is 30.3 Å². The van der Waals surface area contributed by atoms with Gasteiger partial charge in [-0.05, 0) is 67.7 Å². The number of rotatable bonds is 10. The minimum absolute atomic E-state index is 0.250. The molecule has 5 rings (SSSR count). The van der Waals surface area contributed by atoms with Gasteiger partial charge in [-0.15, -0.1) is 0 Å². The molecular weight excluding hydrogens is 575 g/mol. The number of halogens is 1. The second-order valence-corrected chi connectivity index (χ2v) is 11.3. The molecule has 0 bridgehead atoms. The van der Waals surface area contributed by atoms with Crippen molar-refractivity contribution in [2.24, 2.45) is 0 Å². The molecule has 0 radical (unpaired) electrons. The van der Waals surface area contributed by atoms with Crippen LogP contribution in [0.15, 0.2) is 90.1 Å². The minimum Gasteiger partial charge on any atom is -0.492 e. The van der Waals surface area contributed by atoms with Gasteiger partial charge < -0.3 is 20.1 Å². The summed E-state index contributed by atoms with van der Waals surface area (Å²) in [5.74, 6) is 0.587. The largest absolute Gasteiger partial charge is 0.492 e. The summed E-state index contributed by atoms with van der Waals surface area (Å²) >= 11 is 0. The molecule has 0 saturated carbocycles. The highest BCUT2D eigenvalue weighted by Gasteiger charge is 2.18. The summed E-state index contributed by atoms with van der Waals surface area (Å²) in [6, 6.07) is 21.5. The van der Waals surface area contributed by atoms with E-state index in [-0.39, 0.29) is 6.47 Å². The number of carbonyl (C=O) groups is 1. The van der Waals surface area contributed by atoms with E-state index in [0.29, 0.717) is 23.8 Å². The zero-order valence-corrected chi connectivity index (χ0v) is 24.4. The molecule has 0 spiro atoms. The minimum atomic E-state index is -4.05. The Hall–Kier alpha value is -4.59. The van der Waals surface area contributed by atoms with E-state index in [9.17, 15) is 12.8 Å². The van der Waals surface area contributed by atoms with E-state index >= 15 is 0 Å². The van der Waals surface area contributed by atoms with Crippen molar-refractivity contribution in [2.75, 3.05) is 56.4 Å². The topological polar surface area (TPSA) is 137 Å². The van der Waals surface area contributed by atoms with Crippen LogP contribution in [0.1, 0.15) is 0 Å². The van der Waals surface area contributed by atoms with Crippen molar-refractivity contribution in [1.29, 1.82) is 0 Å². The lowest BCUT2D eigenvalue weighted by Crippen LogP contribution is -2.45. The molecule has 0 aliphatic carbocycles. The first-order valence-electron chi connectivity index (χ1n) is 13.5. The maximum absolute atomic E-state index is 13.9. The molecule has 1 aliphatic heterocycles. The first-order valence-corrected chi connectivity index (χ1v) is 14.9. The van der Waals surface area contributed by atoms with Gasteiger partial charge in [-0.25, -0.2) is 22.8 Å². The van der Waals surface area contributed by atoms with Crippen LogP contribution < -0.4 is 14.8 Å². The summed E-state index contributed by atoms with van der Waals surface area (Å²) in [5.41, 5.74) is 2.68. The zero-order valence-electron chi connectivity index (χ0n) is 23.6. The SMILES string of the molecule is CN1CCN(CCOc2ccc(-c3cc(Nc4ccc(NS(=O)(=O)c5ccccc5F)cc4)ncn3)cc2)CC1.O=CO. The predicted molar refractivity (Wildman–Crippen MR) is 163 cm³/mol. The Kier molecular flexibility index (Phi) is 11.0. The highest BCUT2D eigenvalue weighted by Crippen LogP contribution is 2.25. The van der Waals surface area contributed by atoms with Crippen LogP contribution in [0.25, 0.3) is 11.3 Å². The van der Waals surface area contributed by atoms with Crippen molar-refractivity contribution < 1.29 is 27.4 Å². The van der Waals surface area contributed by atoms with Gasteiger partial charge in [-0.1, -0.05) is 12.1 Å². The van der Waals surface area contributed by atoms with Crippen molar-refractivity contribution >= 4 is 33.7 Å². The van der Waals surface area contributed by atoms with Crippen LogP contribution in [-0.4, -0.2) is 86.1 Å². The molecule has 0 unspecified atom stereocenters. The van der Waals surface area contributed by atoms with Gasteiger partial charge in [-0.2, -0.15) is 0 Å². The second kappa shape index (κ2) is 15.0. The number of hydrogen-bond donors (Lipinski definition) is 3. The highest BCUT2D eigenvalue weighted by atomic mass is 32.2. The first kappa shape index (κ1) is 31.3. The number of ether oxygens (including phenoxy) is 1. The summed E-state index contributed by atoms with van der Waals surface area (Å²) in [7, 11) is -1.90. The summed E-state index contributed by atoms with van der Waals surface area (Å²) in [4.78, 5) is 21.4. The Morgan fingerprint density at radius 3 is 2.28 bits per heavy atom. The van der Waals surface area contributed by atoms with Crippen LogP contribution in [0.4, 0.5) is 21.6 Å². The summed E-state index contributed by atoms with van der Waals surface area (Å²) in [6.45, 7) is 5.63. The number of likely N-dealkylation sites (N-methyl/N-ethyl adjacent to an activating group) is 1. The molecule has 2 heterocycles. The first-order chi connectivity index (χ1) is 20.8. The molecule has 43 heavy (non-hydrogen) atoms. The van der Waals surface area contributed by atoms with Crippen LogP contribution in [0.5, 0.6) is 5.75 Å². The van der Waals surface area contributed by atoms with Crippen LogP contribution in [0, 0.1) is 5.82 Å². The van der Waals surface area contributed by atoms with Gasteiger partial charge in [0.2, 0.25) is 0 Å². The molecule has 1 aliphatic rings. The highest BCUT2D eigenvalue weighted by molar-refractivity contribution is 7.92. The summed E-state index contributed by atoms with van der Waals surface area (Å²) < 4.78 is 47.3. The fourth-order valence-corrected chi connectivity index (χ4v) is 5.45. The number of hydrogen-bond acceptors (Lipinski definition) is 9. The third-order valence-corrected chi connectivity index (χ3v) is 8.04. The molecule has 13 heteroatoms. The fraction of sp³-hybridized carbons (Fsp3) is 0.233. The molecular formula is C30H33FN6O5S. The molecule has 1 fully saturated rings. The van der Waals surface area contributed by atoms with E-state index < -0.39 is 20.7 Å². The van der Waals surface area contributed by atoms with Gasteiger partial charge in [0.25, 0.3) is 16.5 Å². The van der Waals surface area contributed by atoms with Crippen LogP contribution >= 0.6 is 0 Å². The molecule has 0 amide bonds. The Labute approximate surface area is 250 Å². The van der Waals surface area contributed by atoms with E-state index in [1.54, 1.807) is 24.3 Å². The number of sulfonamides is 1. The zero-order chi connectivity index (χ0) is 30.7. The van der Waals surface area contributed by atoms with Crippen molar-refractivity contribution in [3.8, 4) is 17.0 Å². The summed E-state index contributed by atoms with van der Waals surface area (Å²) in [6.07, 6.45) is 1.48. The molecule has 0 atom stereocenters. The Morgan fingerprint density at radius 2 is 1.60 bits per heavy atom. The smallest absolute Gasteiger partial charge is 0.290 e. The predicted octanol–water partition coefficient (Wildman–Crippen LogP) is 4.15. The number of carboxylic acid groups (broad SMARTS) is 1. The number of anilines is 3. The van der Waals surface area contributed by atoms with Crippen LogP contribution in [0.2, 0.25) is 0 Å². The van der Waals surface area contributed by atoms with Gasteiger partial charge in [0.1, 0.15) is 35.2 Å². The maximum Gasteiger partial charge on any atom is 0.290 e. The number of nitrogens with zero attached hydrogens (tertiary/aromatic N) is 4. The lowest BCUT2D eigenvalue weighted by atomic mass is 10.1. The Morgan fingerprint density at radius 1 is 0.953 bits per heavy atom. The van der Waals surface area contributed by atoms with E-state index in [2.05, 4.69) is 36.9 Å². The normalized spacial score (nSPS) is 13.8. The quantitative estimate of drug-likeness (QED) is 0.225. The number of piperazine rings is 1. The third-order valence-electron chi connectivity index (χ3n) is 6.62. The number of aromatic nitrogens is 2. The number of benzene rings is 3. The monoisotopic (exact) mass is 608 g/mol. The van der Waals surface area contributed by atoms with Crippen molar-refractivity contribution in [1.82, 2.24) is 19.8 Å². The van der Waals surface area contributed by atoms with E-state index in [4.69, 9.17) is 14.6 Å². The molecule has 3 aromatic carbocycles. The van der Waals surface area contributed by atoms with Gasteiger partial charge in [0, 0.05) is 55.7 Å². The third kappa shape index (κ3) is 9.20. The lowest BCUT2D eigenvalue weighted by molar-refractivity contribution is -0.122. The standard InChI is InChI=1S/C29H31FN6O3S.CH2O2/c1-35-14-16-36(17-15-35)18-19-39-25-12-6-22(7-13-25)27-20-29(32-21-31-27)33-23-8-10-24(11-9-23)34-40(37,38)28-5-3-2-4-26(28)30;2-1-3/h2-13,20-21,34H,14-19H2,1H3,(H,31,32,33);1H,(H,2,3). The van der Waals surface area contributed by atoms with E-state index in [1.165, 1.54) is 24.5 Å². The maximum atomic E-state index is 13.9. The molecule has 226 valence electrons. The van der Waals surface area contributed by atoms with Crippen LogP contribution in [-0.2, 0) is 14.8 Å². The van der Waals surface area contributed by atoms with Crippen molar-refractivity contribution in [2.45, 2.75) is 4.90 Å². The number of nitrogens with one attached hydrogen (secondary N) is 2. The molecule has 4 aromatic rings. The van der Waals surface area contributed by atoms with Gasteiger partial charge >= 0.3 is 0 Å².